The lowest BCUT2D eigenvalue weighted by Gasteiger charge is -2.13. The molecule has 0 radical (unpaired) electrons. The highest BCUT2D eigenvalue weighted by Crippen LogP contribution is 2.11. The molecule has 0 aliphatic carbocycles. The van der Waals surface area contributed by atoms with Crippen LogP contribution in [0.15, 0.2) is 29.6 Å². The van der Waals surface area contributed by atoms with Gasteiger partial charge in [-0.15, -0.1) is 16.5 Å². The van der Waals surface area contributed by atoms with Gasteiger partial charge in [0.05, 0.1) is 24.0 Å². The van der Waals surface area contributed by atoms with E-state index in [2.05, 4.69) is 10.6 Å². The lowest BCUT2D eigenvalue weighted by Crippen LogP contribution is -2.31. The molecule has 8 heteroatoms. The molecule has 0 spiro atoms. The van der Waals surface area contributed by atoms with Gasteiger partial charge in [0.2, 0.25) is 0 Å². The number of hydrogen-bond acceptors (Lipinski definition) is 5. The number of alkyl halides is 1. The SMILES string of the molecule is CCOC(=O)c1ccc(NC(=O)N(CCCl)N=O)cc1. The van der Waals surface area contributed by atoms with Gasteiger partial charge in [0.1, 0.15) is 0 Å². The Bertz CT molecular complexity index is 478. The molecule has 0 atom stereocenters. The zero-order valence-corrected chi connectivity index (χ0v) is 11.6. The summed E-state index contributed by atoms with van der Waals surface area (Å²) in [4.78, 5) is 33.5. The Hall–Kier alpha value is -2.15. The van der Waals surface area contributed by atoms with Crippen LogP contribution in [0.2, 0.25) is 0 Å². The molecule has 108 valence electrons. The van der Waals surface area contributed by atoms with Crippen LogP contribution in [-0.2, 0) is 4.74 Å². The van der Waals surface area contributed by atoms with E-state index in [4.69, 9.17) is 16.3 Å². The molecule has 0 heterocycles. The minimum atomic E-state index is -0.690. The molecule has 0 bridgehead atoms. The molecule has 0 aliphatic heterocycles. The number of amides is 2. The smallest absolute Gasteiger partial charge is 0.344 e. The normalized spacial score (nSPS) is 9.70. The van der Waals surface area contributed by atoms with Crippen molar-refractivity contribution in [3.8, 4) is 0 Å². The number of nitrogens with zero attached hydrogens (tertiary/aromatic N) is 2. The van der Waals surface area contributed by atoms with Crippen LogP contribution in [0.25, 0.3) is 0 Å². The second-order valence-electron chi connectivity index (χ2n) is 3.62. The first-order valence-electron chi connectivity index (χ1n) is 5.87. The predicted molar refractivity (Wildman–Crippen MR) is 74.6 cm³/mol. The Morgan fingerprint density at radius 2 is 2.00 bits per heavy atom. The molecule has 7 nitrogen and oxygen atoms in total. The Labute approximate surface area is 120 Å². The summed E-state index contributed by atoms with van der Waals surface area (Å²) >= 11 is 5.44. The average molecular weight is 300 g/mol. The molecule has 0 unspecified atom stereocenters. The fraction of sp³-hybridized carbons (Fsp3) is 0.333. The van der Waals surface area contributed by atoms with Gasteiger partial charge in [-0.25, -0.2) is 9.59 Å². The van der Waals surface area contributed by atoms with E-state index >= 15 is 0 Å². The first-order valence-corrected chi connectivity index (χ1v) is 6.40. The fourth-order valence-corrected chi connectivity index (χ4v) is 1.51. The van der Waals surface area contributed by atoms with E-state index in [0.29, 0.717) is 16.3 Å². The maximum atomic E-state index is 11.6. The number of nitroso groups, excluding NO2 is 1. The molecular weight excluding hydrogens is 286 g/mol. The third kappa shape index (κ3) is 4.51. The highest BCUT2D eigenvalue weighted by Gasteiger charge is 2.13. The van der Waals surface area contributed by atoms with Gasteiger partial charge >= 0.3 is 12.0 Å². The molecule has 0 aliphatic rings. The molecule has 1 aromatic carbocycles. The summed E-state index contributed by atoms with van der Waals surface area (Å²) in [6.07, 6.45) is 0. The molecule has 1 N–H and O–H groups in total. The number of hydrogen-bond donors (Lipinski definition) is 1. The number of benzene rings is 1. The molecule has 1 rings (SSSR count). The molecule has 0 saturated carbocycles. The summed E-state index contributed by atoms with van der Waals surface area (Å²) in [5.74, 6) is -0.343. The third-order valence-corrected chi connectivity index (χ3v) is 2.45. The number of nitrogens with one attached hydrogen (secondary N) is 1. The third-order valence-electron chi connectivity index (χ3n) is 2.28. The van der Waals surface area contributed by atoms with E-state index in [1.165, 1.54) is 24.3 Å². The fourth-order valence-electron chi connectivity index (χ4n) is 1.35. The maximum absolute atomic E-state index is 11.6. The van der Waals surface area contributed by atoms with Crippen LogP contribution in [0.5, 0.6) is 0 Å². The lowest BCUT2D eigenvalue weighted by atomic mass is 10.2. The van der Waals surface area contributed by atoms with Crippen molar-refractivity contribution in [2.45, 2.75) is 6.92 Å². The summed E-state index contributed by atoms with van der Waals surface area (Å²) in [7, 11) is 0. The van der Waals surface area contributed by atoms with Gasteiger partial charge < -0.3 is 10.1 Å². The number of ether oxygens (including phenoxy) is 1. The zero-order chi connectivity index (χ0) is 15.0. The summed E-state index contributed by atoms with van der Waals surface area (Å²) in [5.41, 5.74) is 0.794. The number of carbonyl (C=O) groups excluding carboxylic acids is 2. The standard InChI is InChI=1S/C12H14ClN3O4/c1-2-20-11(17)9-3-5-10(6-4-9)14-12(18)16(15-19)8-7-13/h3-6H,2,7-8H2,1H3,(H,14,18). The molecule has 0 saturated heterocycles. The number of esters is 1. The Morgan fingerprint density at radius 3 is 2.50 bits per heavy atom. The van der Waals surface area contributed by atoms with Gasteiger partial charge in [-0.05, 0) is 31.2 Å². The highest BCUT2D eigenvalue weighted by atomic mass is 35.5. The number of rotatable bonds is 6. The highest BCUT2D eigenvalue weighted by molar-refractivity contribution is 6.18. The van der Waals surface area contributed by atoms with Crippen molar-refractivity contribution in [1.29, 1.82) is 0 Å². The van der Waals surface area contributed by atoms with Crippen LogP contribution < -0.4 is 5.32 Å². The van der Waals surface area contributed by atoms with Crippen LogP contribution in [-0.4, -0.2) is 36.0 Å². The second kappa shape index (κ2) is 8.11. The molecule has 20 heavy (non-hydrogen) atoms. The topological polar surface area (TPSA) is 88.1 Å². The summed E-state index contributed by atoms with van der Waals surface area (Å²) in [6, 6.07) is 5.37. The molecular formula is C12H14ClN3O4. The minimum Gasteiger partial charge on any atom is -0.462 e. The number of urea groups is 1. The van der Waals surface area contributed by atoms with Gasteiger partial charge in [-0.3, -0.25) is 0 Å². The monoisotopic (exact) mass is 299 g/mol. The van der Waals surface area contributed by atoms with E-state index in [9.17, 15) is 14.5 Å². The van der Waals surface area contributed by atoms with Gasteiger partial charge in [-0.2, -0.15) is 5.01 Å². The Kier molecular flexibility index (Phi) is 6.45. The second-order valence-corrected chi connectivity index (χ2v) is 4.00. The van der Waals surface area contributed by atoms with Gasteiger partial charge in [0.25, 0.3) is 0 Å². The van der Waals surface area contributed by atoms with Crippen LogP contribution in [0.3, 0.4) is 0 Å². The van der Waals surface area contributed by atoms with Crippen LogP contribution >= 0.6 is 11.6 Å². The number of anilines is 1. The Balaban J connectivity index is 2.67. The average Bonchev–Trinajstić information content (AvgIpc) is 2.45. The van der Waals surface area contributed by atoms with Crippen LogP contribution in [0, 0.1) is 4.91 Å². The van der Waals surface area contributed by atoms with Crippen molar-refractivity contribution in [2.75, 3.05) is 24.3 Å². The largest absolute Gasteiger partial charge is 0.462 e. The van der Waals surface area contributed by atoms with E-state index in [1.807, 2.05) is 0 Å². The zero-order valence-electron chi connectivity index (χ0n) is 10.8. The van der Waals surface area contributed by atoms with Crippen molar-refractivity contribution < 1.29 is 14.3 Å². The first kappa shape index (κ1) is 15.9. The number of halogens is 1. The molecule has 2 amide bonds. The molecule has 1 aromatic rings. The van der Waals surface area contributed by atoms with Crippen molar-refractivity contribution in [1.82, 2.24) is 5.01 Å². The Morgan fingerprint density at radius 1 is 1.35 bits per heavy atom. The van der Waals surface area contributed by atoms with E-state index < -0.39 is 12.0 Å². The number of carbonyl (C=O) groups is 2. The molecule has 0 fully saturated rings. The molecule has 0 aromatic heterocycles. The van der Waals surface area contributed by atoms with Crippen molar-refractivity contribution in [2.24, 2.45) is 5.29 Å². The van der Waals surface area contributed by atoms with Crippen molar-refractivity contribution in [3.63, 3.8) is 0 Å². The maximum Gasteiger partial charge on any atom is 0.344 e. The van der Waals surface area contributed by atoms with E-state index in [1.54, 1.807) is 6.92 Å². The summed E-state index contributed by atoms with van der Waals surface area (Å²) in [6.45, 7) is 2.01. The van der Waals surface area contributed by atoms with Crippen molar-refractivity contribution >= 4 is 29.3 Å². The summed E-state index contributed by atoms with van der Waals surface area (Å²) < 4.78 is 4.83. The van der Waals surface area contributed by atoms with E-state index in [0.717, 1.165) is 0 Å². The minimum absolute atomic E-state index is 0.0117. The van der Waals surface area contributed by atoms with Crippen LogP contribution in [0.1, 0.15) is 17.3 Å². The van der Waals surface area contributed by atoms with Gasteiger partial charge in [-0.1, -0.05) is 0 Å². The lowest BCUT2D eigenvalue weighted by molar-refractivity contribution is 0.0526. The van der Waals surface area contributed by atoms with Crippen LogP contribution in [0.4, 0.5) is 10.5 Å². The first-order chi connectivity index (χ1) is 9.62. The van der Waals surface area contributed by atoms with E-state index in [-0.39, 0.29) is 19.0 Å². The summed E-state index contributed by atoms with van der Waals surface area (Å²) in [5, 5.41) is 5.69. The predicted octanol–water partition coefficient (Wildman–Crippen LogP) is 2.62. The van der Waals surface area contributed by atoms with Gasteiger partial charge in [0, 0.05) is 11.6 Å². The van der Waals surface area contributed by atoms with Gasteiger partial charge in [0.15, 0.2) is 0 Å². The van der Waals surface area contributed by atoms with Crippen molar-refractivity contribution in [3.05, 3.63) is 34.7 Å². The quantitative estimate of drug-likeness (QED) is 0.378.